The standard InChI is InChI=1S/C5H2F3N3/c6-5(7,8)4(11)3(1-9)2-10/h11H2. The van der Waals surface area contributed by atoms with Crippen molar-refractivity contribution in [3.05, 3.63) is 11.3 Å². The molecule has 6 heteroatoms. The summed E-state index contributed by atoms with van der Waals surface area (Å²) in [5.74, 6) is 0. The smallest absolute Gasteiger partial charge is 0.393 e. The van der Waals surface area contributed by atoms with Crippen LogP contribution in [0.4, 0.5) is 13.2 Å². The van der Waals surface area contributed by atoms with E-state index in [1.807, 2.05) is 0 Å². The molecule has 0 aromatic carbocycles. The van der Waals surface area contributed by atoms with E-state index in [0.717, 1.165) is 12.1 Å². The highest BCUT2D eigenvalue weighted by Gasteiger charge is 2.34. The van der Waals surface area contributed by atoms with E-state index in [2.05, 4.69) is 5.73 Å². The summed E-state index contributed by atoms with van der Waals surface area (Å²) in [6.07, 6.45) is -4.80. The lowest BCUT2D eigenvalue weighted by atomic mass is 10.2. The maximum Gasteiger partial charge on any atom is 0.432 e. The normalized spacial score (nSPS) is 9.55. The first-order chi connectivity index (χ1) is 4.93. The van der Waals surface area contributed by atoms with Crippen molar-refractivity contribution < 1.29 is 13.2 Å². The van der Waals surface area contributed by atoms with Gasteiger partial charge < -0.3 is 5.73 Å². The number of nitrogens with two attached hydrogens (primary N) is 1. The minimum absolute atomic E-state index is 1.03. The van der Waals surface area contributed by atoms with Crippen molar-refractivity contribution in [3.63, 3.8) is 0 Å². The molecule has 0 aliphatic carbocycles. The minimum Gasteiger partial charge on any atom is -0.393 e. The third kappa shape index (κ3) is 2.18. The second-order valence-corrected chi connectivity index (χ2v) is 1.51. The van der Waals surface area contributed by atoms with Crippen molar-refractivity contribution in [1.82, 2.24) is 0 Å². The fraction of sp³-hybridized carbons (Fsp3) is 0.200. The van der Waals surface area contributed by atoms with E-state index in [1.165, 1.54) is 0 Å². The molecule has 0 radical (unpaired) electrons. The second-order valence-electron chi connectivity index (χ2n) is 1.51. The lowest BCUT2D eigenvalue weighted by Gasteiger charge is -2.04. The van der Waals surface area contributed by atoms with E-state index >= 15 is 0 Å². The van der Waals surface area contributed by atoms with E-state index in [4.69, 9.17) is 10.5 Å². The van der Waals surface area contributed by atoms with Crippen LogP contribution in [0.5, 0.6) is 0 Å². The van der Waals surface area contributed by atoms with Gasteiger partial charge in [-0.05, 0) is 0 Å². The van der Waals surface area contributed by atoms with Gasteiger partial charge in [0.2, 0.25) is 0 Å². The highest BCUT2D eigenvalue weighted by atomic mass is 19.4. The lowest BCUT2D eigenvalue weighted by Crippen LogP contribution is -2.21. The summed E-state index contributed by atoms with van der Waals surface area (Å²) in [7, 11) is 0. The molecule has 0 spiro atoms. The van der Waals surface area contributed by atoms with Crippen molar-refractivity contribution in [1.29, 1.82) is 10.5 Å². The van der Waals surface area contributed by atoms with Crippen LogP contribution in [0.25, 0.3) is 0 Å². The van der Waals surface area contributed by atoms with Crippen LogP contribution in [0.1, 0.15) is 0 Å². The largest absolute Gasteiger partial charge is 0.432 e. The van der Waals surface area contributed by atoms with Crippen LogP contribution in [0.2, 0.25) is 0 Å². The van der Waals surface area contributed by atoms with E-state index in [1.54, 1.807) is 0 Å². The summed E-state index contributed by atoms with van der Waals surface area (Å²) >= 11 is 0. The zero-order valence-electron chi connectivity index (χ0n) is 5.11. The molecule has 0 heterocycles. The summed E-state index contributed by atoms with van der Waals surface area (Å²) in [6, 6.07) is 2.06. The highest BCUT2D eigenvalue weighted by Crippen LogP contribution is 2.23. The molecule has 0 amide bonds. The quantitative estimate of drug-likeness (QED) is 0.534. The van der Waals surface area contributed by atoms with Crippen molar-refractivity contribution in [2.45, 2.75) is 6.18 Å². The van der Waals surface area contributed by atoms with Gasteiger partial charge in [0, 0.05) is 0 Å². The minimum atomic E-state index is -4.80. The first-order valence-electron chi connectivity index (χ1n) is 2.30. The highest BCUT2D eigenvalue weighted by molar-refractivity contribution is 5.40. The molecule has 0 saturated carbocycles. The average Bonchev–Trinajstić information content (AvgIpc) is 1.88. The summed E-state index contributed by atoms with van der Waals surface area (Å²) < 4.78 is 34.8. The Morgan fingerprint density at radius 1 is 1.18 bits per heavy atom. The molecule has 0 aliphatic rings. The predicted molar refractivity (Wildman–Crippen MR) is 28.5 cm³/mol. The fourth-order valence-electron chi connectivity index (χ4n) is 0.287. The zero-order valence-corrected chi connectivity index (χ0v) is 5.11. The van der Waals surface area contributed by atoms with Gasteiger partial charge in [-0.2, -0.15) is 23.7 Å². The van der Waals surface area contributed by atoms with E-state index in [0.29, 0.717) is 0 Å². The number of alkyl halides is 3. The first-order valence-corrected chi connectivity index (χ1v) is 2.30. The summed E-state index contributed by atoms with van der Waals surface area (Å²) in [4.78, 5) is 0. The van der Waals surface area contributed by atoms with Crippen LogP contribution < -0.4 is 5.73 Å². The molecular formula is C5H2F3N3. The van der Waals surface area contributed by atoms with Crippen LogP contribution in [-0.2, 0) is 0 Å². The van der Waals surface area contributed by atoms with Crippen molar-refractivity contribution in [3.8, 4) is 12.1 Å². The number of halogens is 3. The molecule has 0 aromatic rings. The van der Waals surface area contributed by atoms with Gasteiger partial charge in [-0.3, -0.25) is 0 Å². The molecule has 0 unspecified atom stereocenters. The number of nitriles is 2. The molecule has 0 bridgehead atoms. The Kier molecular flexibility index (Phi) is 2.48. The molecular weight excluding hydrogens is 159 g/mol. The van der Waals surface area contributed by atoms with Gasteiger partial charge >= 0.3 is 6.18 Å². The second kappa shape index (κ2) is 2.93. The summed E-state index contributed by atoms with van der Waals surface area (Å²) in [5.41, 5.74) is 1.66. The zero-order chi connectivity index (χ0) is 9.07. The number of nitrogens with zero attached hydrogens (tertiary/aromatic N) is 2. The van der Waals surface area contributed by atoms with E-state index < -0.39 is 17.4 Å². The van der Waals surface area contributed by atoms with Crippen LogP contribution in [-0.4, -0.2) is 6.18 Å². The van der Waals surface area contributed by atoms with Gasteiger partial charge in [0.1, 0.15) is 17.8 Å². The van der Waals surface area contributed by atoms with Crippen LogP contribution in [0.3, 0.4) is 0 Å². The van der Waals surface area contributed by atoms with Gasteiger partial charge in [-0.15, -0.1) is 0 Å². The van der Waals surface area contributed by atoms with Gasteiger partial charge in [0.05, 0.1) is 0 Å². The molecule has 58 valence electrons. The number of allylic oxidation sites excluding steroid dienone is 2. The Morgan fingerprint density at radius 3 is 1.64 bits per heavy atom. The molecule has 0 aromatic heterocycles. The van der Waals surface area contributed by atoms with Crippen molar-refractivity contribution >= 4 is 0 Å². The topological polar surface area (TPSA) is 73.6 Å². The van der Waals surface area contributed by atoms with Crippen molar-refractivity contribution in [2.24, 2.45) is 5.73 Å². The molecule has 0 rings (SSSR count). The maximum atomic E-state index is 11.6. The van der Waals surface area contributed by atoms with Crippen LogP contribution >= 0.6 is 0 Å². The Labute approximate surface area is 60.1 Å². The SMILES string of the molecule is N#CC(C#N)=C(N)C(F)(F)F. The Bertz CT molecular complexity index is 246. The lowest BCUT2D eigenvalue weighted by molar-refractivity contribution is -0.0930. The van der Waals surface area contributed by atoms with Gasteiger partial charge in [0.15, 0.2) is 5.57 Å². The molecule has 0 fully saturated rings. The first kappa shape index (κ1) is 9.31. The van der Waals surface area contributed by atoms with Crippen LogP contribution in [0.15, 0.2) is 11.3 Å². The third-order valence-corrected chi connectivity index (χ3v) is 0.798. The number of hydrogen-bond donors (Lipinski definition) is 1. The molecule has 0 aliphatic heterocycles. The average molecular weight is 161 g/mol. The molecule has 0 saturated heterocycles. The van der Waals surface area contributed by atoms with Gasteiger partial charge in [-0.25, -0.2) is 0 Å². The Morgan fingerprint density at radius 2 is 1.55 bits per heavy atom. The summed E-state index contributed by atoms with van der Waals surface area (Å²) in [6.45, 7) is 0. The van der Waals surface area contributed by atoms with Crippen molar-refractivity contribution in [2.75, 3.05) is 0 Å². The maximum absolute atomic E-state index is 11.6. The molecule has 3 nitrogen and oxygen atoms in total. The predicted octanol–water partition coefficient (Wildman–Crippen LogP) is 0.809. The van der Waals surface area contributed by atoms with Gasteiger partial charge in [0.25, 0.3) is 0 Å². The Balaban J connectivity index is 5.01. The van der Waals surface area contributed by atoms with E-state index in [9.17, 15) is 13.2 Å². The van der Waals surface area contributed by atoms with Crippen LogP contribution in [0, 0.1) is 22.7 Å². The molecule has 0 atom stereocenters. The number of hydrogen-bond acceptors (Lipinski definition) is 3. The van der Waals surface area contributed by atoms with Gasteiger partial charge in [-0.1, -0.05) is 0 Å². The molecule has 2 N–H and O–H groups in total. The third-order valence-electron chi connectivity index (χ3n) is 0.798. The fourth-order valence-corrected chi connectivity index (χ4v) is 0.287. The Hall–Kier alpha value is -1.69. The summed E-state index contributed by atoms with van der Waals surface area (Å²) in [5, 5.41) is 15.9. The number of rotatable bonds is 0. The monoisotopic (exact) mass is 161 g/mol. The molecule has 11 heavy (non-hydrogen) atoms. The van der Waals surface area contributed by atoms with E-state index in [-0.39, 0.29) is 0 Å².